The lowest BCUT2D eigenvalue weighted by Crippen LogP contribution is -2.23. The highest BCUT2D eigenvalue weighted by Crippen LogP contribution is 2.15. The van der Waals surface area contributed by atoms with Gasteiger partial charge in [0.1, 0.15) is 4.32 Å². The fourth-order valence-corrected chi connectivity index (χ4v) is 2.01. The molecular weight excluding hydrogens is 178 g/mol. The largest absolute Gasteiger partial charge is 0.374 e. The first-order chi connectivity index (χ1) is 5.34. The van der Waals surface area contributed by atoms with E-state index >= 15 is 0 Å². The zero-order valence-corrected chi connectivity index (χ0v) is 8.34. The molecule has 0 aromatic rings. The van der Waals surface area contributed by atoms with Crippen molar-refractivity contribution in [3.05, 3.63) is 0 Å². The molecule has 0 bridgehead atoms. The van der Waals surface area contributed by atoms with Gasteiger partial charge in [0.2, 0.25) is 0 Å². The second-order valence-electron chi connectivity index (χ2n) is 2.51. The first-order valence-corrected chi connectivity index (χ1v) is 5.14. The highest BCUT2D eigenvalue weighted by atomic mass is 32.2. The van der Waals surface area contributed by atoms with Gasteiger partial charge in [-0.2, -0.15) is 0 Å². The van der Waals surface area contributed by atoms with Gasteiger partial charge < -0.3 is 9.64 Å². The summed E-state index contributed by atoms with van der Waals surface area (Å²) in [6.07, 6.45) is 2.57. The molecule has 1 fully saturated rings. The van der Waals surface area contributed by atoms with E-state index in [4.69, 9.17) is 17.0 Å². The maximum atomic E-state index is 5.19. The molecule has 1 aliphatic heterocycles. The first kappa shape index (κ1) is 9.29. The molecule has 1 aliphatic rings. The van der Waals surface area contributed by atoms with Crippen LogP contribution in [0.15, 0.2) is 0 Å². The number of thiocarbonyl (C=S) groups is 1. The normalized spacial score (nSPS) is 17.4. The summed E-state index contributed by atoms with van der Waals surface area (Å²) in [5.74, 6) is 0.676. The third-order valence-electron chi connectivity index (χ3n) is 1.66. The maximum Gasteiger partial charge on any atom is 0.138 e. The zero-order chi connectivity index (χ0) is 8.10. The Morgan fingerprint density at radius 3 is 2.73 bits per heavy atom. The molecule has 4 heteroatoms. The Bertz CT molecular complexity index is 134. The molecule has 0 atom stereocenters. The smallest absolute Gasteiger partial charge is 0.138 e. The standard InChI is InChI=1S/C7H13NOS2/c1-9-6-11-7(10)8-4-2-3-5-8/h2-6H2,1H3. The number of hydrogen-bond donors (Lipinski definition) is 0. The summed E-state index contributed by atoms with van der Waals surface area (Å²) < 4.78 is 5.91. The van der Waals surface area contributed by atoms with Crippen molar-refractivity contribution in [2.24, 2.45) is 0 Å². The average Bonchev–Trinajstić information content (AvgIpc) is 2.52. The fraction of sp³-hybridized carbons (Fsp3) is 0.857. The molecule has 0 saturated carbocycles. The van der Waals surface area contributed by atoms with Crippen LogP contribution in [-0.2, 0) is 4.74 Å². The Morgan fingerprint density at radius 1 is 1.55 bits per heavy atom. The van der Waals surface area contributed by atoms with Gasteiger partial charge in [0.15, 0.2) is 0 Å². The molecular formula is C7H13NOS2. The lowest BCUT2D eigenvalue weighted by Gasteiger charge is -2.16. The van der Waals surface area contributed by atoms with E-state index in [9.17, 15) is 0 Å². The molecule has 0 radical (unpaired) electrons. The van der Waals surface area contributed by atoms with Gasteiger partial charge in [-0.15, -0.1) is 0 Å². The minimum absolute atomic E-state index is 0.676. The van der Waals surface area contributed by atoms with Gasteiger partial charge in [0.25, 0.3) is 0 Å². The predicted molar refractivity (Wildman–Crippen MR) is 52.9 cm³/mol. The van der Waals surface area contributed by atoms with E-state index in [1.54, 1.807) is 18.9 Å². The monoisotopic (exact) mass is 191 g/mol. The summed E-state index contributed by atoms with van der Waals surface area (Å²) >= 11 is 6.80. The Kier molecular flexibility index (Phi) is 4.18. The maximum absolute atomic E-state index is 5.19. The summed E-state index contributed by atoms with van der Waals surface area (Å²) in [5, 5.41) is 0. The van der Waals surface area contributed by atoms with Gasteiger partial charge in [-0.05, 0) is 12.8 Å². The van der Waals surface area contributed by atoms with Gasteiger partial charge in [-0.25, -0.2) is 0 Å². The van der Waals surface area contributed by atoms with Gasteiger partial charge in [-0.3, -0.25) is 0 Å². The van der Waals surface area contributed by atoms with Crippen LogP contribution in [0.2, 0.25) is 0 Å². The zero-order valence-electron chi connectivity index (χ0n) is 6.71. The van der Waals surface area contributed by atoms with Crippen LogP contribution >= 0.6 is 24.0 Å². The van der Waals surface area contributed by atoms with Crippen molar-refractivity contribution in [2.75, 3.05) is 26.1 Å². The number of hydrogen-bond acceptors (Lipinski definition) is 3. The molecule has 1 rings (SSSR count). The van der Waals surface area contributed by atoms with Crippen LogP contribution < -0.4 is 0 Å². The molecule has 0 aromatic heterocycles. The highest BCUT2D eigenvalue weighted by Gasteiger charge is 2.14. The molecule has 2 nitrogen and oxygen atoms in total. The summed E-state index contributed by atoms with van der Waals surface area (Å²) in [6.45, 7) is 2.27. The van der Waals surface area contributed by atoms with Gasteiger partial charge in [0, 0.05) is 20.2 Å². The molecule has 0 unspecified atom stereocenters. The van der Waals surface area contributed by atoms with Crippen LogP contribution in [0, 0.1) is 0 Å². The molecule has 11 heavy (non-hydrogen) atoms. The lowest BCUT2D eigenvalue weighted by molar-refractivity contribution is 0.259. The van der Waals surface area contributed by atoms with Gasteiger partial charge in [-0.1, -0.05) is 24.0 Å². The topological polar surface area (TPSA) is 12.5 Å². The quantitative estimate of drug-likeness (QED) is 0.486. The first-order valence-electron chi connectivity index (χ1n) is 3.75. The van der Waals surface area contributed by atoms with Crippen molar-refractivity contribution in [2.45, 2.75) is 12.8 Å². The molecule has 1 heterocycles. The minimum Gasteiger partial charge on any atom is -0.374 e. The van der Waals surface area contributed by atoms with Crippen LogP contribution in [0.25, 0.3) is 0 Å². The Hall–Kier alpha value is 0.200. The SMILES string of the molecule is COCSC(=S)N1CCCC1. The van der Waals surface area contributed by atoms with E-state index in [1.165, 1.54) is 12.8 Å². The van der Waals surface area contributed by atoms with E-state index in [0.29, 0.717) is 5.94 Å². The number of nitrogens with zero attached hydrogens (tertiary/aromatic N) is 1. The van der Waals surface area contributed by atoms with Crippen molar-refractivity contribution in [3.63, 3.8) is 0 Å². The minimum atomic E-state index is 0.676. The van der Waals surface area contributed by atoms with E-state index in [2.05, 4.69) is 4.90 Å². The highest BCUT2D eigenvalue weighted by molar-refractivity contribution is 8.22. The van der Waals surface area contributed by atoms with Gasteiger partial charge in [0.05, 0.1) is 5.94 Å². The van der Waals surface area contributed by atoms with Crippen molar-refractivity contribution < 1.29 is 4.74 Å². The van der Waals surface area contributed by atoms with Crippen LogP contribution in [0.5, 0.6) is 0 Å². The van der Waals surface area contributed by atoms with Crippen LogP contribution in [0.3, 0.4) is 0 Å². The van der Waals surface area contributed by atoms with E-state index in [0.717, 1.165) is 17.4 Å². The predicted octanol–water partition coefficient (Wildman–Crippen LogP) is 1.70. The van der Waals surface area contributed by atoms with Crippen LogP contribution in [0.4, 0.5) is 0 Å². The van der Waals surface area contributed by atoms with E-state index < -0.39 is 0 Å². The summed E-state index contributed by atoms with van der Waals surface area (Å²) in [7, 11) is 1.69. The number of ether oxygens (including phenoxy) is 1. The molecule has 0 amide bonds. The Labute approximate surface area is 77.3 Å². The number of methoxy groups -OCH3 is 1. The van der Waals surface area contributed by atoms with Crippen LogP contribution in [0.1, 0.15) is 12.8 Å². The molecule has 1 saturated heterocycles. The summed E-state index contributed by atoms with van der Waals surface area (Å²) in [6, 6.07) is 0. The number of likely N-dealkylation sites (tertiary alicyclic amines) is 1. The van der Waals surface area contributed by atoms with Gasteiger partial charge >= 0.3 is 0 Å². The molecule has 0 N–H and O–H groups in total. The Morgan fingerprint density at radius 2 is 2.18 bits per heavy atom. The van der Waals surface area contributed by atoms with E-state index in [-0.39, 0.29) is 0 Å². The second-order valence-corrected chi connectivity index (χ2v) is 4.07. The second kappa shape index (κ2) is 4.95. The van der Waals surface area contributed by atoms with Crippen LogP contribution in [-0.4, -0.2) is 35.4 Å². The third-order valence-corrected chi connectivity index (χ3v) is 3.13. The Balaban J connectivity index is 2.17. The average molecular weight is 191 g/mol. The molecule has 0 spiro atoms. The molecule has 64 valence electrons. The van der Waals surface area contributed by atoms with Crippen molar-refractivity contribution in [1.82, 2.24) is 4.90 Å². The number of thioether (sulfide) groups is 1. The molecule has 0 aromatic carbocycles. The van der Waals surface area contributed by atoms with Crippen molar-refractivity contribution in [3.8, 4) is 0 Å². The third kappa shape index (κ3) is 2.97. The lowest BCUT2D eigenvalue weighted by atomic mass is 10.4. The van der Waals surface area contributed by atoms with E-state index in [1.807, 2.05) is 0 Å². The van der Waals surface area contributed by atoms with Crippen molar-refractivity contribution in [1.29, 1.82) is 0 Å². The summed E-state index contributed by atoms with van der Waals surface area (Å²) in [4.78, 5) is 2.25. The summed E-state index contributed by atoms with van der Waals surface area (Å²) in [5.41, 5.74) is 0. The molecule has 0 aliphatic carbocycles. The number of rotatable bonds is 2. The fourth-order valence-electron chi connectivity index (χ4n) is 1.10. The van der Waals surface area contributed by atoms with Crippen molar-refractivity contribution >= 4 is 28.3 Å².